The monoisotopic (exact) mass is 770 g/mol. The highest BCUT2D eigenvalue weighted by molar-refractivity contribution is 7.92. The summed E-state index contributed by atoms with van der Waals surface area (Å²) in [5, 5.41) is 3.70. The summed E-state index contributed by atoms with van der Waals surface area (Å²) in [7, 11) is -4.06. The van der Waals surface area contributed by atoms with Crippen molar-refractivity contribution in [1.29, 1.82) is 0 Å². The molecule has 12 nitrogen and oxygen atoms in total. The van der Waals surface area contributed by atoms with Crippen LogP contribution in [0.25, 0.3) is 10.8 Å². The number of nitrogens with two attached hydrogens (primary N) is 1. The molecule has 3 atom stereocenters. The Hall–Kier alpha value is -5.38. The van der Waals surface area contributed by atoms with E-state index in [4.69, 9.17) is 15.2 Å². The molecule has 1 saturated heterocycles. The molecule has 0 spiro atoms. The van der Waals surface area contributed by atoms with Crippen molar-refractivity contribution in [1.82, 2.24) is 9.88 Å². The maximum Gasteiger partial charge on any atom is 0.491 e. The van der Waals surface area contributed by atoms with Crippen molar-refractivity contribution < 1.29 is 50.2 Å². The number of sulfone groups is 1. The SMILES string of the molecule is CCOc1cc([C@@H](Nc2ccc3c(N)nccc3c2)C(=O)N2CC[C@@H](C(=O)OC(=O)C(F)(F)F)[C@H]2c2ccccc2S(=O)(=O)C(C)C)ccc1OC(C)C. The summed E-state index contributed by atoms with van der Waals surface area (Å²) in [6, 6.07) is 14.8. The molecule has 1 amide bonds. The number of nitrogens with one attached hydrogen (secondary N) is 1. The van der Waals surface area contributed by atoms with Gasteiger partial charge in [0.2, 0.25) is 5.91 Å². The van der Waals surface area contributed by atoms with E-state index in [9.17, 15) is 31.2 Å². The molecule has 1 aliphatic heterocycles. The van der Waals surface area contributed by atoms with Crippen LogP contribution in [0.15, 0.2) is 77.8 Å². The van der Waals surface area contributed by atoms with Crippen LogP contribution in [0.1, 0.15) is 64.3 Å². The molecule has 0 bridgehead atoms. The van der Waals surface area contributed by atoms with Gasteiger partial charge in [0, 0.05) is 23.8 Å². The van der Waals surface area contributed by atoms with Crippen LogP contribution in [-0.2, 0) is 29.0 Å². The van der Waals surface area contributed by atoms with Crippen LogP contribution in [0, 0.1) is 5.92 Å². The fourth-order valence-corrected chi connectivity index (χ4v) is 7.66. The fraction of sp³-hybridized carbons (Fsp3) is 0.368. The van der Waals surface area contributed by atoms with E-state index in [1.54, 1.807) is 49.4 Å². The zero-order valence-electron chi connectivity index (χ0n) is 30.2. The molecular formula is C38H41F3N4O8S. The maximum absolute atomic E-state index is 15.0. The van der Waals surface area contributed by atoms with Gasteiger partial charge in [-0.3, -0.25) is 9.59 Å². The van der Waals surface area contributed by atoms with Crippen LogP contribution in [0.4, 0.5) is 24.7 Å². The van der Waals surface area contributed by atoms with E-state index in [2.05, 4.69) is 15.0 Å². The first-order valence-electron chi connectivity index (χ1n) is 17.2. The average Bonchev–Trinajstić information content (AvgIpc) is 3.56. The third-order valence-electron chi connectivity index (χ3n) is 8.89. The lowest BCUT2D eigenvalue weighted by Gasteiger charge is -2.33. The maximum atomic E-state index is 15.0. The van der Waals surface area contributed by atoms with Crippen LogP contribution in [0.2, 0.25) is 0 Å². The summed E-state index contributed by atoms with van der Waals surface area (Å²) in [6.07, 6.45) is -4.39. The van der Waals surface area contributed by atoms with E-state index in [0.29, 0.717) is 39.3 Å². The van der Waals surface area contributed by atoms with Gasteiger partial charge in [-0.15, -0.1) is 0 Å². The lowest BCUT2D eigenvalue weighted by atomic mass is 9.93. The summed E-state index contributed by atoms with van der Waals surface area (Å²) in [5.41, 5.74) is 6.90. The number of rotatable bonds is 12. The minimum absolute atomic E-state index is 0.0124. The Morgan fingerprint density at radius 3 is 2.39 bits per heavy atom. The lowest BCUT2D eigenvalue weighted by molar-refractivity contribution is -0.203. The Kier molecular flexibility index (Phi) is 11.7. The van der Waals surface area contributed by atoms with Crippen LogP contribution in [-0.4, -0.2) is 66.8 Å². The zero-order chi connectivity index (χ0) is 39.5. The molecule has 0 aliphatic carbocycles. The van der Waals surface area contributed by atoms with Crippen molar-refractivity contribution in [3.63, 3.8) is 0 Å². The topological polar surface area (TPSA) is 167 Å². The van der Waals surface area contributed by atoms with Crippen molar-refractivity contribution >= 4 is 50.0 Å². The summed E-state index contributed by atoms with van der Waals surface area (Å²) in [5.74, 6) is -5.43. The summed E-state index contributed by atoms with van der Waals surface area (Å²) in [4.78, 5) is 45.4. The first kappa shape index (κ1) is 39.8. The predicted molar refractivity (Wildman–Crippen MR) is 194 cm³/mol. The van der Waals surface area contributed by atoms with Crippen molar-refractivity contribution in [2.24, 2.45) is 5.92 Å². The summed E-state index contributed by atoms with van der Waals surface area (Å²) in [6.45, 7) is 8.43. The molecule has 3 N–H and O–H groups in total. The molecule has 1 fully saturated rings. The molecule has 0 unspecified atom stereocenters. The Bertz CT molecular complexity index is 2160. The number of ether oxygens (including phenoxy) is 3. The van der Waals surface area contributed by atoms with E-state index >= 15 is 4.79 Å². The van der Waals surface area contributed by atoms with E-state index in [-0.39, 0.29) is 36.1 Å². The standard InChI is InChI=1S/C38H41F3N4O8S/c1-6-51-30-20-24(11-14-29(30)52-21(2)3)32(44-25-12-13-26-23(19-25)15-17-43-34(26)42)35(46)45-18-16-28(36(47)53-37(48)38(39,40)41)33(45)27-9-7-8-10-31(27)54(49,50)22(4)5/h7-15,17,19-22,28,32-33,44H,6,16,18H2,1-5H3,(H2,42,43)/t28-,32-,33-/m1/s1. The van der Waals surface area contributed by atoms with E-state index < -0.39 is 57.1 Å². The molecule has 16 heteroatoms. The molecule has 288 valence electrons. The van der Waals surface area contributed by atoms with Gasteiger partial charge >= 0.3 is 18.1 Å². The fourth-order valence-electron chi connectivity index (χ4n) is 6.37. The second-order valence-electron chi connectivity index (χ2n) is 13.2. The van der Waals surface area contributed by atoms with Gasteiger partial charge in [0.25, 0.3) is 0 Å². The number of amides is 1. The lowest BCUT2D eigenvalue weighted by Crippen LogP contribution is -2.40. The smallest absolute Gasteiger partial charge is 0.490 e. The molecule has 54 heavy (non-hydrogen) atoms. The van der Waals surface area contributed by atoms with Crippen molar-refractivity contribution in [2.45, 2.75) is 75.5 Å². The molecular weight excluding hydrogens is 729 g/mol. The molecule has 1 aromatic heterocycles. The number of alkyl halides is 3. The Morgan fingerprint density at radius 2 is 1.72 bits per heavy atom. The van der Waals surface area contributed by atoms with Crippen molar-refractivity contribution in [2.75, 3.05) is 24.2 Å². The number of aromatic nitrogens is 1. The number of esters is 2. The van der Waals surface area contributed by atoms with E-state index in [0.717, 1.165) is 0 Å². The number of pyridine rings is 1. The van der Waals surface area contributed by atoms with E-state index in [1.807, 2.05) is 13.8 Å². The van der Waals surface area contributed by atoms with Crippen LogP contribution in [0.5, 0.6) is 11.5 Å². The first-order chi connectivity index (χ1) is 25.4. The summed E-state index contributed by atoms with van der Waals surface area (Å²) < 4.78 is 83.0. The first-order valence-corrected chi connectivity index (χ1v) is 18.8. The molecule has 3 aromatic carbocycles. The number of hydrogen-bond acceptors (Lipinski definition) is 11. The second kappa shape index (κ2) is 15.9. The van der Waals surface area contributed by atoms with Crippen molar-refractivity contribution in [3.05, 3.63) is 84.1 Å². The number of nitrogen functional groups attached to an aromatic ring is 1. The third-order valence-corrected chi connectivity index (χ3v) is 11.1. The van der Waals surface area contributed by atoms with Gasteiger partial charge in [-0.25, -0.2) is 18.2 Å². The van der Waals surface area contributed by atoms with Crippen LogP contribution >= 0.6 is 0 Å². The largest absolute Gasteiger partial charge is 0.491 e. The minimum atomic E-state index is -5.47. The zero-order valence-corrected chi connectivity index (χ0v) is 31.0. The summed E-state index contributed by atoms with van der Waals surface area (Å²) >= 11 is 0. The number of carbonyl (C=O) groups excluding carboxylic acids is 3. The minimum Gasteiger partial charge on any atom is -0.490 e. The Labute approximate surface area is 310 Å². The predicted octanol–water partition coefficient (Wildman–Crippen LogP) is 6.56. The molecule has 5 rings (SSSR count). The average molecular weight is 771 g/mol. The molecule has 1 aliphatic rings. The van der Waals surface area contributed by atoms with Gasteiger partial charge in [0.05, 0.1) is 34.8 Å². The van der Waals surface area contributed by atoms with Gasteiger partial charge in [-0.1, -0.05) is 24.3 Å². The molecule has 0 radical (unpaired) electrons. The van der Waals surface area contributed by atoms with Crippen LogP contribution < -0.4 is 20.5 Å². The molecule has 0 saturated carbocycles. The number of halogens is 3. The molecule has 4 aromatic rings. The highest BCUT2D eigenvalue weighted by Crippen LogP contribution is 2.44. The van der Waals surface area contributed by atoms with Gasteiger partial charge in [0.15, 0.2) is 21.3 Å². The highest BCUT2D eigenvalue weighted by atomic mass is 32.2. The second-order valence-corrected chi connectivity index (χ2v) is 15.7. The number of benzene rings is 3. The Balaban J connectivity index is 1.67. The molecule has 2 heterocycles. The van der Waals surface area contributed by atoms with Gasteiger partial charge < -0.3 is 30.2 Å². The van der Waals surface area contributed by atoms with Gasteiger partial charge in [-0.2, -0.15) is 13.2 Å². The van der Waals surface area contributed by atoms with Gasteiger partial charge in [-0.05, 0) is 100 Å². The van der Waals surface area contributed by atoms with Crippen molar-refractivity contribution in [3.8, 4) is 11.5 Å². The number of hydrogen-bond donors (Lipinski definition) is 2. The van der Waals surface area contributed by atoms with Crippen LogP contribution in [0.3, 0.4) is 0 Å². The number of carbonyl (C=O) groups is 3. The number of nitrogens with zero attached hydrogens (tertiary/aromatic N) is 2. The third kappa shape index (κ3) is 8.38. The quantitative estimate of drug-likeness (QED) is 0.118. The van der Waals surface area contributed by atoms with E-state index in [1.165, 1.54) is 49.2 Å². The highest BCUT2D eigenvalue weighted by Gasteiger charge is 2.49. The number of fused-ring (bicyclic) bond motifs is 1. The number of anilines is 2. The Morgan fingerprint density at radius 1 is 1.00 bits per heavy atom. The normalized spacial score (nSPS) is 16.7. The number of likely N-dealkylation sites (tertiary alicyclic amines) is 1. The van der Waals surface area contributed by atoms with Gasteiger partial charge in [0.1, 0.15) is 11.9 Å².